The molecule has 2 N–H and O–H groups in total. The van der Waals surface area contributed by atoms with Crippen LogP contribution in [-0.4, -0.2) is 30.9 Å². The number of fused-ring (bicyclic) bond motifs is 2. The summed E-state index contributed by atoms with van der Waals surface area (Å²) in [5, 5.41) is 11.0. The lowest BCUT2D eigenvalue weighted by atomic mass is 10.2. The van der Waals surface area contributed by atoms with Gasteiger partial charge in [-0.2, -0.15) is 0 Å². The number of aromatic amines is 1. The molecule has 2 heterocycles. The molecule has 4 aromatic rings. The van der Waals surface area contributed by atoms with E-state index in [0.29, 0.717) is 16.9 Å². The lowest BCUT2D eigenvalue weighted by molar-refractivity contribution is -0.116. The maximum absolute atomic E-state index is 12.3. The topological polar surface area (TPSA) is 106 Å². The third-order valence-corrected chi connectivity index (χ3v) is 3.83. The molecular formula is C17H14N6O2. The fourth-order valence-electron chi connectivity index (χ4n) is 2.58. The first-order valence-corrected chi connectivity index (χ1v) is 7.78. The van der Waals surface area contributed by atoms with E-state index >= 15 is 0 Å². The van der Waals surface area contributed by atoms with Gasteiger partial charge in [0.25, 0.3) is 5.56 Å². The van der Waals surface area contributed by atoms with E-state index in [1.165, 1.54) is 4.68 Å². The minimum absolute atomic E-state index is 0.0873. The van der Waals surface area contributed by atoms with Crippen molar-refractivity contribution >= 4 is 33.8 Å². The predicted octanol–water partition coefficient (Wildman–Crippen LogP) is 1.70. The second-order valence-corrected chi connectivity index (χ2v) is 5.54. The van der Waals surface area contributed by atoms with Gasteiger partial charge in [-0.1, -0.05) is 29.5 Å². The zero-order valence-corrected chi connectivity index (χ0v) is 13.1. The van der Waals surface area contributed by atoms with Gasteiger partial charge in [0, 0.05) is 6.42 Å². The first-order chi connectivity index (χ1) is 12.2. The smallest absolute Gasteiger partial charge is 0.277 e. The maximum atomic E-state index is 12.3. The molecular weight excluding hydrogens is 320 g/mol. The van der Waals surface area contributed by atoms with Crippen molar-refractivity contribution in [1.29, 1.82) is 0 Å². The molecule has 0 saturated carbocycles. The van der Waals surface area contributed by atoms with Crippen LogP contribution in [-0.2, 0) is 11.3 Å². The summed E-state index contributed by atoms with van der Waals surface area (Å²) in [6, 6.07) is 14.5. The Kier molecular flexibility index (Phi) is 3.70. The van der Waals surface area contributed by atoms with E-state index in [0.717, 1.165) is 11.0 Å². The van der Waals surface area contributed by atoms with Crippen molar-refractivity contribution < 1.29 is 4.79 Å². The van der Waals surface area contributed by atoms with Gasteiger partial charge in [0.15, 0.2) is 0 Å². The maximum Gasteiger partial charge on any atom is 0.277 e. The van der Waals surface area contributed by atoms with Crippen molar-refractivity contribution in [2.24, 2.45) is 0 Å². The van der Waals surface area contributed by atoms with E-state index in [1.807, 2.05) is 24.3 Å². The first-order valence-electron chi connectivity index (χ1n) is 7.78. The van der Waals surface area contributed by atoms with Gasteiger partial charge in [0.2, 0.25) is 11.9 Å². The predicted molar refractivity (Wildman–Crippen MR) is 93.1 cm³/mol. The summed E-state index contributed by atoms with van der Waals surface area (Å²) in [7, 11) is 0. The highest BCUT2D eigenvalue weighted by Gasteiger charge is 2.09. The van der Waals surface area contributed by atoms with E-state index in [2.05, 4.69) is 25.6 Å². The molecule has 124 valence electrons. The number of anilines is 1. The number of para-hydroxylation sites is 2. The monoisotopic (exact) mass is 334 g/mol. The molecule has 0 aliphatic carbocycles. The van der Waals surface area contributed by atoms with Crippen molar-refractivity contribution in [3.63, 3.8) is 0 Å². The summed E-state index contributed by atoms with van der Waals surface area (Å²) < 4.78 is 1.19. The van der Waals surface area contributed by atoms with Crippen molar-refractivity contribution in [3.05, 3.63) is 58.9 Å². The van der Waals surface area contributed by atoms with Gasteiger partial charge in [0.1, 0.15) is 5.52 Å². The quantitative estimate of drug-likeness (QED) is 0.591. The molecule has 0 saturated heterocycles. The summed E-state index contributed by atoms with van der Waals surface area (Å²) in [6.45, 7) is 0.142. The third kappa shape index (κ3) is 2.97. The lowest BCUT2D eigenvalue weighted by Gasteiger charge is -2.04. The average molecular weight is 334 g/mol. The molecule has 1 amide bonds. The number of hydrogen-bond acceptors (Lipinski definition) is 5. The van der Waals surface area contributed by atoms with Gasteiger partial charge in [-0.15, -0.1) is 5.10 Å². The van der Waals surface area contributed by atoms with E-state index in [-0.39, 0.29) is 24.4 Å². The Morgan fingerprint density at radius 1 is 1.08 bits per heavy atom. The van der Waals surface area contributed by atoms with Crippen molar-refractivity contribution in [2.75, 3.05) is 5.32 Å². The van der Waals surface area contributed by atoms with Crippen LogP contribution >= 0.6 is 0 Å². The molecule has 4 rings (SSSR count). The van der Waals surface area contributed by atoms with Crippen LogP contribution < -0.4 is 10.9 Å². The number of aromatic nitrogens is 5. The van der Waals surface area contributed by atoms with Crippen LogP contribution in [0.4, 0.5) is 5.95 Å². The minimum Gasteiger partial charge on any atom is -0.324 e. The first kappa shape index (κ1) is 15.0. The molecule has 8 nitrogen and oxygen atoms in total. The SMILES string of the molecule is O=C(CCn1nnc2ccccc2c1=O)Nc1nc2ccccc2[nH]1. The van der Waals surface area contributed by atoms with Crippen LogP contribution in [0.15, 0.2) is 53.3 Å². The fraction of sp³-hybridized carbons (Fsp3) is 0.118. The molecule has 0 atom stereocenters. The van der Waals surface area contributed by atoms with Gasteiger partial charge >= 0.3 is 0 Å². The van der Waals surface area contributed by atoms with Crippen molar-refractivity contribution in [2.45, 2.75) is 13.0 Å². The summed E-state index contributed by atoms with van der Waals surface area (Å²) in [5.74, 6) is 0.115. The third-order valence-electron chi connectivity index (χ3n) is 3.83. The minimum atomic E-state index is -0.263. The van der Waals surface area contributed by atoms with Crippen molar-refractivity contribution in [1.82, 2.24) is 25.0 Å². The van der Waals surface area contributed by atoms with E-state index in [4.69, 9.17) is 0 Å². The standard InChI is InChI=1S/C17H14N6O2/c24-15(20-17-18-13-7-3-4-8-14(13)19-17)9-10-23-16(25)11-5-1-2-6-12(11)21-22-23/h1-8H,9-10H2,(H2,18,19,20,24). The Morgan fingerprint density at radius 2 is 1.84 bits per heavy atom. The molecule has 8 heteroatoms. The van der Waals surface area contributed by atoms with Crippen LogP contribution in [0.25, 0.3) is 21.9 Å². The number of nitrogens with one attached hydrogen (secondary N) is 2. The molecule has 0 spiro atoms. The number of carbonyl (C=O) groups excluding carboxylic acids is 1. The highest BCUT2D eigenvalue weighted by atomic mass is 16.2. The van der Waals surface area contributed by atoms with Crippen molar-refractivity contribution in [3.8, 4) is 0 Å². The Hall–Kier alpha value is -3.55. The Balaban J connectivity index is 1.46. The van der Waals surface area contributed by atoms with Crippen LogP contribution in [0, 0.1) is 0 Å². The number of carbonyl (C=O) groups is 1. The molecule has 0 aliphatic rings. The second-order valence-electron chi connectivity index (χ2n) is 5.54. The molecule has 0 bridgehead atoms. The summed E-state index contributed by atoms with van der Waals surface area (Å²) in [4.78, 5) is 31.7. The van der Waals surface area contributed by atoms with Gasteiger partial charge in [0.05, 0.1) is 23.0 Å². The second kappa shape index (κ2) is 6.16. The largest absolute Gasteiger partial charge is 0.324 e. The molecule has 25 heavy (non-hydrogen) atoms. The summed E-state index contributed by atoms with van der Waals surface area (Å²) in [5.41, 5.74) is 1.89. The van der Waals surface area contributed by atoms with Gasteiger partial charge in [-0.05, 0) is 24.3 Å². The Morgan fingerprint density at radius 3 is 2.68 bits per heavy atom. The van der Waals surface area contributed by atoms with Crippen LogP contribution in [0.2, 0.25) is 0 Å². The zero-order chi connectivity index (χ0) is 17.2. The van der Waals surface area contributed by atoms with Crippen LogP contribution in [0.5, 0.6) is 0 Å². The average Bonchev–Trinajstić information content (AvgIpc) is 3.03. The Labute approximate surface area is 141 Å². The van der Waals surface area contributed by atoms with Crippen LogP contribution in [0.3, 0.4) is 0 Å². The number of nitrogens with zero attached hydrogens (tertiary/aromatic N) is 4. The number of hydrogen-bond donors (Lipinski definition) is 2. The number of H-pyrrole nitrogens is 1. The summed E-state index contributed by atoms with van der Waals surface area (Å²) in [6.07, 6.45) is 0.0873. The molecule has 2 aromatic heterocycles. The summed E-state index contributed by atoms with van der Waals surface area (Å²) >= 11 is 0. The molecule has 0 unspecified atom stereocenters. The number of aryl methyl sites for hydroxylation is 1. The lowest BCUT2D eigenvalue weighted by Crippen LogP contribution is -2.26. The highest BCUT2D eigenvalue weighted by molar-refractivity contribution is 5.91. The van der Waals surface area contributed by atoms with E-state index < -0.39 is 0 Å². The molecule has 0 aliphatic heterocycles. The van der Waals surface area contributed by atoms with E-state index in [1.54, 1.807) is 24.3 Å². The highest BCUT2D eigenvalue weighted by Crippen LogP contribution is 2.13. The molecule has 2 aromatic carbocycles. The fourth-order valence-corrected chi connectivity index (χ4v) is 2.58. The van der Waals surface area contributed by atoms with Gasteiger partial charge in [-0.3, -0.25) is 14.9 Å². The van der Waals surface area contributed by atoms with Gasteiger partial charge < -0.3 is 4.98 Å². The molecule has 0 radical (unpaired) electrons. The number of benzene rings is 2. The molecule has 0 fully saturated rings. The van der Waals surface area contributed by atoms with Crippen LogP contribution in [0.1, 0.15) is 6.42 Å². The number of rotatable bonds is 4. The van der Waals surface area contributed by atoms with E-state index in [9.17, 15) is 9.59 Å². The Bertz CT molecular complexity index is 1100. The normalized spacial score (nSPS) is 11.0. The van der Waals surface area contributed by atoms with Gasteiger partial charge in [-0.25, -0.2) is 9.67 Å². The number of imidazole rings is 1. The number of amides is 1. The zero-order valence-electron chi connectivity index (χ0n) is 13.1.